The lowest BCUT2D eigenvalue weighted by Gasteiger charge is -2.21. The first-order valence-corrected chi connectivity index (χ1v) is 4.20. The molecule has 0 saturated heterocycles. The first-order valence-electron chi connectivity index (χ1n) is 4.20. The number of phenols is 1. The Bertz CT molecular complexity index is 333. The van der Waals surface area contributed by atoms with Gasteiger partial charge < -0.3 is 14.6 Å². The van der Waals surface area contributed by atoms with Crippen LogP contribution in [-0.2, 0) is 16.0 Å². The summed E-state index contributed by atoms with van der Waals surface area (Å²) < 4.78 is 5.24. The molecule has 0 fully saturated rings. The van der Waals surface area contributed by atoms with E-state index in [4.69, 9.17) is 4.74 Å². The van der Waals surface area contributed by atoms with Crippen LogP contribution in [-0.4, -0.2) is 18.0 Å². The van der Waals surface area contributed by atoms with E-state index in [-0.39, 0.29) is 5.75 Å². The lowest BCUT2D eigenvalue weighted by Crippen LogP contribution is -2.16. The molecule has 1 aliphatic heterocycles. The Hall–Kier alpha value is -1.35. The molecule has 3 nitrogen and oxygen atoms in total. The third kappa shape index (κ3) is 1.42. The highest BCUT2D eigenvalue weighted by atomic mass is 16.5. The van der Waals surface area contributed by atoms with Crippen molar-refractivity contribution in [2.24, 2.45) is 0 Å². The van der Waals surface area contributed by atoms with E-state index in [2.05, 4.69) is 0 Å². The SMILES string of the molecule is O=CC1OCCc2cc(O)ccc21. The zero-order valence-electron chi connectivity index (χ0n) is 7.06. The second-order valence-electron chi connectivity index (χ2n) is 3.06. The van der Waals surface area contributed by atoms with E-state index in [0.717, 1.165) is 23.8 Å². The van der Waals surface area contributed by atoms with E-state index < -0.39 is 6.10 Å². The standard InChI is InChI=1S/C10H10O3/c11-6-10-9-2-1-8(12)5-7(9)3-4-13-10/h1-2,5-6,10,12H,3-4H2. The monoisotopic (exact) mass is 178 g/mol. The van der Waals surface area contributed by atoms with E-state index >= 15 is 0 Å². The van der Waals surface area contributed by atoms with Crippen LogP contribution >= 0.6 is 0 Å². The Morgan fingerprint density at radius 3 is 3.15 bits per heavy atom. The fourth-order valence-electron chi connectivity index (χ4n) is 1.58. The Kier molecular flexibility index (Phi) is 2.02. The van der Waals surface area contributed by atoms with Gasteiger partial charge in [0.2, 0.25) is 0 Å². The third-order valence-electron chi connectivity index (χ3n) is 2.23. The van der Waals surface area contributed by atoms with Gasteiger partial charge in [-0.3, -0.25) is 0 Å². The minimum atomic E-state index is -0.454. The molecule has 1 aliphatic rings. The fourth-order valence-corrected chi connectivity index (χ4v) is 1.58. The molecule has 0 aliphatic carbocycles. The molecule has 0 aromatic heterocycles. The van der Waals surface area contributed by atoms with Crippen LogP contribution in [0.25, 0.3) is 0 Å². The summed E-state index contributed by atoms with van der Waals surface area (Å²) in [5.74, 6) is 0.241. The van der Waals surface area contributed by atoms with Crippen molar-refractivity contribution in [3.8, 4) is 5.75 Å². The van der Waals surface area contributed by atoms with Crippen LogP contribution in [0.4, 0.5) is 0 Å². The summed E-state index contributed by atoms with van der Waals surface area (Å²) in [7, 11) is 0. The molecule has 1 aromatic carbocycles. The molecule has 0 saturated carbocycles. The van der Waals surface area contributed by atoms with Crippen LogP contribution < -0.4 is 0 Å². The fraction of sp³-hybridized carbons (Fsp3) is 0.300. The maximum absolute atomic E-state index is 10.6. The summed E-state index contributed by atoms with van der Waals surface area (Å²) in [5, 5.41) is 9.22. The Balaban J connectivity index is 2.45. The predicted molar refractivity (Wildman–Crippen MR) is 46.6 cm³/mol. The summed E-state index contributed by atoms with van der Waals surface area (Å²) in [6.45, 7) is 0.542. The quantitative estimate of drug-likeness (QED) is 0.657. The highest BCUT2D eigenvalue weighted by Gasteiger charge is 2.19. The van der Waals surface area contributed by atoms with Gasteiger partial charge in [0.05, 0.1) is 6.61 Å². The van der Waals surface area contributed by atoms with Crippen molar-refractivity contribution in [1.82, 2.24) is 0 Å². The lowest BCUT2D eigenvalue weighted by atomic mass is 9.98. The third-order valence-corrected chi connectivity index (χ3v) is 2.23. The van der Waals surface area contributed by atoms with Crippen molar-refractivity contribution < 1.29 is 14.6 Å². The average Bonchev–Trinajstić information content (AvgIpc) is 2.16. The molecule has 2 rings (SSSR count). The number of phenolic OH excluding ortho intramolecular Hbond substituents is 1. The maximum Gasteiger partial charge on any atom is 0.153 e. The number of aromatic hydroxyl groups is 1. The Morgan fingerprint density at radius 1 is 1.54 bits per heavy atom. The molecule has 0 radical (unpaired) electrons. The summed E-state index contributed by atoms with van der Waals surface area (Å²) >= 11 is 0. The summed E-state index contributed by atoms with van der Waals surface area (Å²) in [6.07, 6.45) is 1.09. The van der Waals surface area contributed by atoms with Gasteiger partial charge in [-0.1, -0.05) is 6.07 Å². The van der Waals surface area contributed by atoms with Gasteiger partial charge in [-0.15, -0.1) is 0 Å². The predicted octanol–water partition coefficient (Wildman–Crippen LogP) is 1.20. The van der Waals surface area contributed by atoms with Crippen molar-refractivity contribution in [3.05, 3.63) is 29.3 Å². The highest BCUT2D eigenvalue weighted by Crippen LogP contribution is 2.27. The number of rotatable bonds is 1. The van der Waals surface area contributed by atoms with Gasteiger partial charge in [0.25, 0.3) is 0 Å². The number of carbonyl (C=O) groups is 1. The largest absolute Gasteiger partial charge is 0.508 e. The van der Waals surface area contributed by atoms with Crippen LogP contribution in [0.15, 0.2) is 18.2 Å². The average molecular weight is 178 g/mol. The van der Waals surface area contributed by atoms with Crippen LogP contribution in [0, 0.1) is 0 Å². The van der Waals surface area contributed by atoms with Crippen LogP contribution in [0.5, 0.6) is 5.75 Å². The van der Waals surface area contributed by atoms with E-state index in [1.807, 2.05) is 0 Å². The smallest absolute Gasteiger partial charge is 0.153 e. The second-order valence-corrected chi connectivity index (χ2v) is 3.06. The molecule has 13 heavy (non-hydrogen) atoms. The van der Waals surface area contributed by atoms with Gasteiger partial charge in [-0.05, 0) is 29.7 Å². The van der Waals surface area contributed by atoms with Crippen molar-refractivity contribution in [1.29, 1.82) is 0 Å². The number of hydrogen-bond donors (Lipinski definition) is 1. The molecule has 1 heterocycles. The zero-order valence-corrected chi connectivity index (χ0v) is 7.06. The number of fused-ring (bicyclic) bond motifs is 1. The Labute approximate surface area is 76.0 Å². The van der Waals surface area contributed by atoms with Crippen molar-refractivity contribution >= 4 is 6.29 Å². The minimum absolute atomic E-state index is 0.241. The number of ether oxygens (including phenoxy) is 1. The van der Waals surface area contributed by atoms with Gasteiger partial charge in [-0.25, -0.2) is 0 Å². The van der Waals surface area contributed by atoms with Gasteiger partial charge in [0.15, 0.2) is 6.29 Å². The molecule has 0 amide bonds. The number of benzene rings is 1. The molecule has 1 N–H and O–H groups in total. The first-order chi connectivity index (χ1) is 6.31. The van der Waals surface area contributed by atoms with Gasteiger partial charge >= 0.3 is 0 Å². The molecule has 1 atom stereocenters. The number of aldehydes is 1. The first kappa shape index (κ1) is 8.26. The van der Waals surface area contributed by atoms with Crippen LogP contribution in [0.2, 0.25) is 0 Å². The molecule has 3 heteroatoms. The van der Waals surface area contributed by atoms with E-state index in [0.29, 0.717) is 6.61 Å². The lowest BCUT2D eigenvalue weighted by molar-refractivity contribution is -0.119. The van der Waals surface area contributed by atoms with E-state index in [1.165, 1.54) is 0 Å². The summed E-state index contributed by atoms with van der Waals surface area (Å²) in [6, 6.07) is 5.00. The maximum atomic E-state index is 10.6. The van der Waals surface area contributed by atoms with Gasteiger partial charge in [-0.2, -0.15) is 0 Å². The molecule has 1 aromatic rings. The normalized spacial score (nSPS) is 20.8. The molecule has 1 unspecified atom stereocenters. The van der Waals surface area contributed by atoms with Crippen molar-refractivity contribution in [2.75, 3.05) is 6.61 Å². The number of hydrogen-bond acceptors (Lipinski definition) is 3. The minimum Gasteiger partial charge on any atom is -0.508 e. The van der Waals surface area contributed by atoms with Gasteiger partial charge in [0.1, 0.15) is 11.9 Å². The molecule has 0 spiro atoms. The topological polar surface area (TPSA) is 46.5 Å². The van der Waals surface area contributed by atoms with Crippen LogP contribution in [0.3, 0.4) is 0 Å². The molecule has 0 bridgehead atoms. The highest BCUT2D eigenvalue weighted by molar-refractivity contribution is 5.62. The van der Waals surface area contributed by atoms with Crippen LogP contribution in [0.1, 0.15) is 17.2 Å². The zero-order chi connectivity index (χ0) is 9.26. The van der Waals surface area contributed by atoms with E-state index in [1.54, 1.807) is 18.2 Å². The van der Waals surface area contributed by atoms with E-state index in [9.17, 15) is 9.90 Å². The number of carbonyl (C=O) groups excluding carboxylic acids is 1. The second kappa shape index (κ2) is 3.18. The van der Waals surface area contributed by atoms with Crippen molar-refractivity contribution in [2.45, 2.75) is 12.5 Å². The summed E-state index contributed by atoms with van der Waals surface area (Å²) in [5.41, 5.74) is 1.88. The van der Waals surface area contributed by atoms with Crippen molar-refractivity contribution in [3.63, 3.8) is 0 Å². The molecule has 68 valence electrons. The summed E-state index contributed by atoms with van der Waals surface area (Å²) in [4.78, 5) is 10.6. The Morgan fingerprint density at radius 2 is 2.38 bits per heavy atom. The molecular formula is C10H10O3. The molecular weight excluding hydrogens is 168 g/mol. The van der Waals surface area contributed by atoms with Gasteiger partial charge in [0, 0.05) is 0 Å².